The molecule has 0 aliphatic heterocycles. The molecular weight excluding hydrogens is 315 g/mol. The molecule has 18 heavy (non-hydrogen) atoms. The van der Waals surface area contributed by atoms with Crippen LogP contribution < -0.4 is 5.32 Å². The van der Waals surface area contributed by atoms with Gasteiger partial charge in [0.1, 0.15) is 6.61 Å². The zero-order valence-corrected chi connectivity index (χ0v) is 11.7. The highest BCUT2D eigenvalue weighted by atomic mass is 79.9. The minimum Gasteiger partial charge on any atom is -0.370 e. The lowest BCUT2D eigenvalue weighted by Crippen LogP contribution is -2.29. The SMILES string of the molecule is CCNC(COCC(F)(F)F)c1c(Br)cnn1C. The number of nitrogens with one attached hydrogen (secondary N) is 1. The highest BCUT2D eigenvalue weighted by Gasteiger charge is 2.28. The van der Waals surface area contributed by atoms with E-state index in [1.54, 1.807) is 17.9 Å². The van der Waals surface area contributed by atoms with Gasteiger partial charge in [0, 0.05) is 7.05 Å². The van der Waals surface area contributed by atoms with Crippen molar-refractivity contribution in [1.82, 2.24) is 15.1 Å². The summed E-state index contributed by atoms with van der Waals surface area (Å²) >= 11 is 3.32. The smallest absolute Gasteiger partial charge is 0.370 e. The molecule has 0 fully saturated rings. The summed E-state index contributed by atoms with van der Waals surface area (Å²) in [5.41, 5.74) is 0.763. The van der Waals surface area contributed by atoms with E-state index >= 15 is 0 Å². The van der Waals surface area contributed by atoms with Gasteiger partial charge in [-0.25, -0.2) is 0 Å². The highest BCUT2D eigenvalue weighted by Crippen LogP contribution is 2.23. The summed E-state index contributed by atoms with van der Waals surface area (Å²) in [4.78, 5) is 0. The summed E-state index contributed by atoms with van der Waals surface area (Å²) in [6.07, 6.45) is -2.70. The van der Waals surface area contributed by atoms with E-state index in [0.29, 0.717) is 6.54 Å². The lowest BCUT2D eigenvalue weighted by Gasteiger charge is -2.19. The van der Waals surface area contributed by atoms with Crippen LogP contribution in [-0.2, 0) is 11.8 Å². The van der Waals surface area contributed by atoms with Gasteiger partial charge in [-0.1, -0.05) is 6.92 Å². The fourth-order valence-electron chi connectivity index (χ4n) is 1.59. The topological polar surface area (TPSA) is 39.1 Å². The summed E-state index contributed by atoms with van der Waals surface area (Å²) in [6, 6.07) is -0.334. The van der Waals surface area contributed by atoms with Gasteiger partial charge >= 0.3 is 6.18 Å². The standard InChI is InChI=1S/C10H15BrF3N3O/c1-3-15-8(5-18-6-10(12,13)14)9-7(11)4-16-17(9)2/h4,8,15H,3,5-6H2,1-2H3. The lowest BCUT2D eigenvalue weighted by atomic mass is 10.2. The van der Waals surface area contributed by atoms with Crippen molar-refractivity contribution in [2.75, 3.05) is 19.8 Å². The Morgan fingerprint density at radius 3 is 2.67 bits per heavy atom. The minimum atomic E-state index is -4.31. The van der Waals surface area contributed by atoms with Gasteiger partial charge < -0.3 is 10.1 Å². The van der Waals surface area contributed by atoms with Crippen molar-refractivity contribution in [3.63, 3.8) is 0 Å². The van der Waals surface area contributed by atoms with Crippen LogP contribution in [0.3, 0.4) is 0 Å². The monoisotopic (exact) mass is 329 g/mol. The second kappa shape index (κ2) is 6.53. The van der Waals surface area contributed by atoms with Crippen LogP contribution in [0.5, 0.6) is 0 Å². The quantitative estimate of drug-likeness (QED) is 0.871. The molecule has 0 amide bonds. The molecular formula is C10H15BrF3N3O. The van der Waals surface area contributed by atoms with Gasteiger partial charge in [-0.2, -0.15) is 18.3 Å². The molecule has 1 atom stereocenters. The van der Waals surface area contributed by atoms with Crippen LogP contribution in [0.1, 0.15) is 18.7 Å². The number of halogens is 4. The van der Waals surface area contributed by atoms with E-state index in [1.165, 1.54) is 0 Å². The molecule has 1 heterocycles. The number of hydrogen-bond donors (Lipinski definition) is 1. The first-order chi connectivity index (χ1) is 8.35. The number of nitrogens with zero attached hydrogens (tertiary/aromatic N) is 2. The first-order valence-corrected chi connectivity index (χ1v) is 6.19. The number of rotatable bonds is 6. The maximum atomic E-state index is 12.0. The molecule has 1 unspecified atom stereocenters. The second-order valence-corrected chi connectivity index (χ2v) is 4.60. The molecule has 4 nitrogen and oxygen atoms in total. The van der Waals surface area contributed by atoms with Crippen molar-refractivity contribution >= 4 is 15.9 Å². The molecule has 0 aromatic carbocycles. The number of aryl methyl sites for hydroxylation is 1. The Bertz CT molecular complexity index is 361. The Kier molecular flexibility index (Phi) is 5.61. The van der Waals surface area contributed by atoms with E-state index in [-0.39, 0.29) is 12.6 Å². The van der Waals surface area contributed by atoms with Gasteiger partial charge in [0.2, 0.25) is 0 Å². The summed E-state index contributed by atoms with van der Waals surface area (Å²) < 4.78 is 43.1. The van der Waals surface area contributed by atoms with Crippen molar-refractivity contribution in [2.45, 2.75) is 19.1 Å². The molecule has 1 rings (SSSR count). The lowest BCUT2D eigenvalue weighted by molar-refractivity contribution is -0.175. The summed E-state index contributed by atoms with van der Waals surface area (Å²) in [7, 11) is 1.73. The molecule has 0 radical (unpaired) electrons. The number of hydrogen-bond acceptors (Lipinski definition) is 3. The average molecular weight is 330 g/mol. The maximum Gasteiger partial charge on any atom is 0.411 e. The van der Waals surface area contributed by atoms with E-state index < -0.39 is 12.8 Å². The zero-order chi connectivity index (χ0) is 13.8. The maximum absolute atomic E-state index is 12.0. The zero-order valence-electron chi connectivity index (χ0n) is 10.1. The molecule has 0 saturated heterocycles. The predicted octanol–water partition coefficient (Wildman–Crippen LogP) is 2.41. The molecule has 104 valence electrons. The van der Waals surface area contributed by atoms with E-state index in [0.717, 1.165) is 10.2 Å². The molecule has 0 saturated carbocycles. The summed E-state index contributed by atoms with van der Waals surface area (Å²) in [6.45, 7) is 1.19. The molecule has 1 N–H and O–H groups in total. The fourth-order valence-corrected chi connectivity index (χ4v) is 2.21. The molecule has 1 aromatic heterocycles. The largest absolute Gasteiger partial charge is 0.411 e. The average Bonchev–Trinajstić information content (AvgIpc) is 2.56. The van der Waals surface area contributed by atoms with Gasteiger partial charge in [-0.15, -0.1) is 0 Å². The van der Waals surface area contributed by atoms with Crippen LogP contribution in [-0.4, -0.2) is 35.7 Å². The van der Waals surface area contributed by atoms with Gasteiger partial charge in [0.25, 0.3) is 0 Å². The molecule has 0 aliphatic rings. The number of aromatic nitrogens is 2. The number of likely N-dealkylation sites (N-methyl/N-ethyl adjacent to an activating group) is 1. The summed E-state index contributed by atoms with van der Waals surface area (Å²) in [5.74, 6) is 0. The van der Waals surface area contributed by atoms with Crippen LogP contribution in [0.2, 0.25) is 0 Å². The molecule has 0 aliphatic carbocycles. The van der Waals surface area contributed by atoms with Crippen LogP contribution in [0.4, 0.5) is 13.2 Å². The van der Waals surface area contributed by atoms with Crippen LogP contribution in [0.25, 0.3) is 0 Å². The minimum absolute atomic E-state index is 0.0640. The summed E-state index contributed by atoms with van der Waals surface area (Å²) in [5, 5.41) is 7.10. The normalized spacial score (nSPS) is 13.9. The van der Waals surface area contributed by atoms with Gasteiger partial charge in [0.05, 0.1) is 29.0 Å². The van der Waals surface area contributed by atoms with Crippen LogP contribution in [0, 0.1) is 0 Å². The fraction of sp³-hybridized carbons (Fsp3) is 0.700. The molecule has 8 heteroatoms. The van der Waals surface area contributed by atoms with E-state index in [1.807, 2.05) is 6.92 Å². The molecule has 0 spiro atoms. The molecule has 0 bridgehead atoms. The number of ether oxygens (including phenoxy) is 1. The van der Waals surface area contributed by atoms with E-state index in [9.17, 15) is 13.2 Å². The molecule has 1 aromatic rings. The van der Waals surface area contributed by atoms with Crippen molar-refractivity contribution in [1.29, 1.82) is 0 Å². The van der Waals surface area contributed by atoms with Gasteiger partial charge in [-0.05, 0) is 22.5 Å². The van der Waals surface area contributed by atoms with Crippen molar-refractivity contribution in [3.05, 3.63) is 16.4 Å². The Balaban J connectivity index is 2.66. The third-order valence-corrected chi connectivity index (χ3v) is 2.88. The van der Waals surface area contributed by atoms with Crippen LogP contribution in [0.15, 0.2) is 10.7 Å². The first kappa shape index (κ1) is 15.5. The Morgan fingerprint density at radius 2 is 2.22 bits per heavy atom. The van der Waals surface area contributed by atoms with Crippen molar-refractivity contribution in [3.8, 4) is 0 Å². The third-order valence-electron chi connectivity index (χ3n) is 2.27. The van der Waals surface area contributed by atoms with Gasteiger partial charge in [-0.3, -0.25) is 4.68 Å². The highest BCUT2D eigenvalue weighted by molar-refractivity contribution is 9.10. The van der Waals surface area contributed by atoms with E-state index in [2.05, 4.69) is 26.3 Å². The Hall–Kier alpha value is -0.600. The van der Waals surface area contributed by atoms with Gasteiger partial charge in [0.15, 0.2) is 0 Å². The van der Waals surface area contributed by atoms with Crippen LogP contribution >= 0.6 is 15.9 Å². The Morgan fingerprint density at radius 1 is 1.56 bits per heavy atom. The third kappa shape index (κ3) is 4.58. The first-order valence-electron chi connectivity index (χ1n) is 5.40. The van der Waals surface area contributed by atoms with Crippen molar-refractivity contribution in [2.24, 2.45) is 7.05 Å². The van der Waals surface area contributed by atoms with E-state index in [4.69, 9.17) is 4.74 Å². The Labute approximate surface area is 112 Å². The predicted molar refractivity (Wildman–Crippen MR) is 64.2 cm³/mol. The van der Waals surface area contributed by atoms with Crippen molar-refractivity contribution < 1.29 is 17.9 Å². The number of alkyl halides is 3. The second-order valence-electron chi connectivity index (χ2n) is 3.74.